The van der Waals surface area contributed by atoms with Crippen molar-refractivity contribution < 1.29 is 4.79 Å². The molecule has 2 aromatic rings. The second kappa shape index (κ2) is 5.39. The van der Waals surface area contributed by atoms with E-state index < -0.39 is 0 Å². The summed E-state index contributed by atoms with van der Waals surface area (Å²) in [4.78, 5) is 15.1. The van der Waals surface area contributed by atoms with Crippen LogP contribution < -0.4 is 0 Å². The average Bonchev–Trinajstić information content (AvgIpc) is 2.32. The number of nitrogens with zero attached hydrogens (tertiary/aromatic N) is 1. The Balaban J connectivity index is 2.06. The molecule has 0 bridgehead atoms. The van der Waals surface area contributed by atoms with Crippen LogP contribution in [0.1, 0.15) is 23.6 Å². The van der Waals surface area contributed by atoms with Gasteiger partial charge >= 0.3 is 0 Å². The second-order valence-corrected chi connectivity index (χ2v) is 4.23. The van der Waals surface area contributed by atoms with Gasteiger partial charge in [0.05, 0.1) is 0 Å². The van der Waals surface area contributed by atoms with Gasteiger partial charge in [0.15, 0.2) is 0 Å². The summed E-state index contributed by atoms with van der Waals surface area (Å²) in [7, 11) is 0. The van der Waals surface area contributed by atoms with E-state index in [9.17, 15) is 4.79 Å². The molecule has 2 rings (SSSR count). The minimum atomic E-state index is 0.199. The molecular formula is C15H15NO. The molecule has 0 amide bonds. The summed E-state index contributed by atoms with van der Waals surface area (Å²) < 4.78 is 0. The van der Waals surface area contributed by atoms with Crippen molar-refractivity contribution in [2.75, 3.05) is 0 Å². The fourth-order valence-corrected chi connectivity index (χ4v) is 1.80. The van der Waals surface area contributed by atoms with Gasteiger partial charge in [-0.2, -0.15) is 0 Å². The van der Waals surface area contributed by atoms with Crippen LogP contribution in [-0.2, 0) is 17.6 Å². The quantitative estimate of drug-likeness (QED) is 0.800. The molecule has 0 spiro atoms. The summed E-state index contributed by atoms with van der Waals surface area (Å²) in [6.07, 6.45) is 5.06. The Hall–Kier alpha value is -1.96. The van der Waals surface area contributed by atoms with Crippen LogP contribution in [0.4, 0.5) is 0 Å². The molecule has 0 saturated carbocycles. The minimum absolute atomic E-state index is 0.199. The van der Waals surface area contributed by atoms with Gasteiger partial charge in [-0.25, -0.2) is 0 Å². The van der Waals surface area contributed by atoms with Crippen LogP contribution in [0, 0.1) is 0 Å². The second-order valence-electron chi connectivity index (χ2n) is 4.23. The molecule has 0 aliphatic heterocycles. The Morgan fingerprint density at radius 2 is 1.76 bits per heavy atom. The Morgan fingerprint density at radius 1 is 1.06 bits per heavy atom. The Morgan fingerprint density at radius 3 is 2.35 bits per heavy atom. The van der Waals surface area contributed by atoms with E-state index in [4.69, 9.17) is 0 Å². The topological polar surface area (TPSA) is 30.0 Å². The van der Waals surface area contributed by atoms with Crippen LogP contribution in [0.5, 0.6) is 0 Å². The third-order valence-corrected chi connectivity index (χ3v) is 2.61. The van der Waals surface area contributed by atoms with Gasteiger partial charge in [-0.3, -0.25) is 9.78 Å². The first-order valence-electron chi connectivity index (χ1n) is 5.70. The number of hydrogen-bond acceptors (Lipinski definition) is 2. The number of Topliss-reactive ketones (excluding diaryl/α,β-unsaturated/α-hetero) is 1. The van der Waals surface area contributed by atoms with Crippen LogP contribution in [-0.4, -0.2) is 10.8 Å². The zero-order valence-corrected chi connectivity index (χ0v) is 9.89. The summed E-state index contributed by atoms with van der Waals surface area (Å²) in [5, 5.41) is 0. The predicted octanol–water partition coefficient (Wildman–Crippen LogP) is 2.80. The van der Waals surface area contributed by atoms with Gasteiger partial charge in [0, 0.05) is 18.8 Å². The molecule has 0 fully saturated rings. The third-order valence-electron chi connectivity index (χ3n) is 2.61. The molecule has 0 atom stereocenters. The molecular weight excluding hydrogens is 210 g/mol. The molecule has 1 heterocycles. The Labute approximate surface area is 101 Å². The standard InChI is InChI=1S/C15H15NO/c1-12(17)9-13-4-6-14(7-5-13)10-15-3-2-8-16-11-15/h2-8,11H,9-10H2,1H3. The number of benzene rings is 1. The molecule has 0 aliphatic rings. The minimum Gasteiger partial charge on any atom is -0.300 e. The number of carbonyl (C=O) groups is 1. The highest BCUT2D eigenvalue weighted by Gasteiger charge is 1.99. The van der Waals surface area contributed by atoms with Crippen molar-refractivity contribution in [2.24, 2.45) is 0 Å². The molecule has 86 valence electrons. The molecule has 1 aromatic heterocycles. The maximum atomic E-state index is 11.0. The van der Waals surface area contributed by atoms with Gasteiger partial charge in [0.1, 0.15) is 5.78 Å². The lowest BCUT2D eigenvalue weighted by Crippen LogP contribution is -1.96. The fourth-order valence-electron chi connectivity index (χ4n) is 1.80. The van der Waals surface area contributed by atoms with Crippen molar-refractivity contribution >= 4 is 5.78 Å². The lowest BCUT2D eigenvalue weighted by atomic mass is 10.0. The molecule has 0 aliphatic carbocycles. The van der Waals surface area contributed by atoms with E-state index in [-0.39, 0.29) is 5.78 Å². The number of pyridine rings is 1. The van der Waals surface area contributed by atoms with Gasteiger partial charge in [-0.15, -0.1) is 0 Å². The maximum absolute atomic E-state index is 11.0. The highest BCUT2D eigenvalue weighted by molar-refractivity contribution is 5.78. The van der Waals surface area contributed by atoms with Crippen LogP contribution in [0.3, 0.4) is 0 Å². The van der Waals surface area contributed by atoms with Crippen molar-refractivity contribution in [2.45, 2.75) is 19.8 Å². The molecule has 17 heavy (non-hydrogen) atoms. The van der Waals surface area contributed by atoms with Crippen LogP contribution >= 0.6 is 0 Å². The summed E-state index contributed by atoms with van der Waals surface area (Å²) in [6.45, 7) is 1.61. The van der Waals surface area contributed by atoms with E-state index in [1.54, 1.807) is 13.1 Å². The first-order chi connectivity index (χ1) is 8.24. The fraction of sp³-hybridized carbons (Fsp3) is 0.200. The summed E-state index contributed by atoms with van der Waals surface area (Å²) in [5.41, 5.74) is 3.52. The number of hydrogen-bond donors (Lipinski definition) is 0. The van der Waals surface area contributed by atoms with Crippen molar-refractivity contribution in [1.82, 2.24) is 4.98 Å². The zero-order valence-electron chi connectivity index (χ0n) is 9.89. The normalized spacial score (nSPS) is 10.2. The van der Waals surface area contributed by atoms with E-state index in [0.29, 0.717) is 6.42 Å². The average molecular weight is 225 g/mol. The summed E-state index contributed by atoms with van der Waals surface area (Å²) in [6, 6.07) is 12.2. The Bertz CT molecular complexity index is 488. The van der Waals surface area contributed by atoms with E-state index in [0.717, 1.165) is 12.0 Å². The number of ketones is 1. The Kier molecular flexibility index (Phi) is 3.66. The van der Waals surface area contributed by atoms with Crippen LogP contribution in [0.2, 0.25) is 0 Å². The zero-order chi connectivity index (χ0) is 12.1. The molecule has 0 radical (unpaired) electrons. The van der Waals surface area contributed by atoms with Crippen LogP contribution in [0.25, 0.3) is 0 Å². The van der Waals surface area contributed by atoms with Gasteiger partial charge in [0.2, 0.25) is 0 Å². The van der Waals surface area contributed by atoms with Gasteiger partial charge in [0.25, 0.3) is 0 Å². The monoisotopic (exact) mass is 225 g/mol. The predicted molar refractivity (Wildman–Crippen MR) is 67.9 cm³/mol. The van der Waals surface area contributed by atoms with Crippen molar-refractivity contribution in [1.29, 1.82) is 0 Å². The van der Waals surface area contributed by atoms with E-state index in [2.05, 4.69) is 23.2 Å². The summed E-state index contributed by atoms with van der Waals surface area (Å²) >= 11 is 0. The molecule has 0 N–H and O–H groups in total. The van der Waals surface area contributed by atoms with Gasteiger partial charge in [-0.05, 0) is 36.1 Å². The first-order valence-corrected chi connectivity index (χ1v) is 5.70. The molecule has 0 saturated heterocycles. The van der Waals surface area contributed by atoms with Crippen molar-refractivity contribution in [3.63, 3.8) is 0 Å². The van der Waals surface area contributed by atoms with E-state index in [1.807, 2.05) is 24.4 Å². The molecule has 0 unspecified atom stereocenters. The molecule has 1 aromatic carbocycles. The molecule has 2 heteroatoms. The highest BCUT2D eigenvalue weighted by atomic mass is 16.1. The van der Waals surface area contributed by atoms with Gasteiger partial charge in [-0.1, -0.05) is 30.3 Å². The first kappa shape index (κ1) is 11.5. The maximum Gasteiger partial charge on any atom is 0.134 e. The van der Waals surface area contributed by atoms with Crippen molar-refractivity contribution in [3.05, 3.63) is 65.5 Å². The SMILES string of the molecule is CC(=O)Cc1ccc(Cc2cccnc2)cc1. The smallest absolute Gasteiger partial charge is 0.134 e. The van der Waals surface area contributed by atoms with E-state index in [1.165, 1.54) is 11.1 Å². The third kappa shape index (κ3) is 3.52. The number of rotatable bonds is 4. The lowest BCUT2D eigenvalue weighted by molar-refractivity contribution is -0.116. The number of carbonyl (C=O) groups excluding carboxylic acids is 1. The highest BCUT2D eigenvalue weighted by Crippen LogP contribution is 2.10. The lowest BCUT2D eigenvalue weighted by Gasteiger charge is -2.03. The van der Waals surface area contributed by atoms with E-state index >= 15 is 0 Å². The van der Waals surface area contributed by atoms with Gasteiger partial charge < -0.3 is 0 Å². The number of aromatic nitrogens is 1. The van der Waals surface area contributed by atoms with Crippen LogP contribution in [0.15, 0.2) is 48.8 Å². The van der Waals surface area contributed by atoms with Crippen molar-refractivity contribution in [3.8, 4) is 0 Å². The molecule has 2 nitrogen and oxygen atoms in total. The largest absolute Gasteiger partial charge is 0.300 e. The summed E-state index contributed by atoms with van der Waals surface area (Å²) in [5.74, 6) is 0.199.